The summed E-state index contributed by atoms with van der Waals surface area (Å²) in [6.07, 6.45) is 4.20. The molecule has 4 N–H and O–H groups in total. The molecule has 1 aliphatic rings. The van der Waals surface area contributed by atoms with Crippen LogP contribution in [-0.4, -0.2) is 24.2 Å². The molecule has 0 bridgehead atoms. The number of hydrogen-bond donors (Lipinski definition) is 3. The van der Waals surface area contributed by atoms with E-state index < -0.39 is 6.04 Å². The molecular weight excluding hydrogens is 252 g/mol. The summed E-state index contributed by atoms with van der Waals surface area (Å²) < 4.78 is 0. The summed E-state index contributed by atoms with van der Waals surface area (Å²) in [6, 6.07) is 7.03. The highest BCUT2D eigenvalue weighted by Crippen LogP contribution is 2.36. The standard InChI is InChI=1S/C16H24N2O2/c1-12-4-6-13(7-5-12)14(17)15(20)18-10-16(11-19)8-2-3-9-16/h4-7,14,19H,2-3,8-11,17H2,1H3,(H,18,20). The molecule has 1 atom stereocenters. The van der Waals surface area contributed by atoms with Crippen LogP contribution in [0.4, 0.5) is 0 Å². The largest absolute Gasteiger partial charge is 0.396 e. The van der Waals surface area contributed by atoms with Crippen LogP contribution >= 0.6 is 0 Å². The first-order valence-electron chi connectivity index (χ1n) is 7.27. The van der Waals surface area contributed by atoms with Gasteiger partial charge in [-0.25, -0.2) is 0 Å². The minimum absolute atomic E-state index is 0.132. The lowest BCUT2D eigenvalue weighted by Gasteiger charge is -2.27. The van der Waals surface area contributed by atoms with Crippen molar-refractivity contribution >= 4 is 5.91 Å². The van der Waals surface area contributed by atoms with Gasteiger partial charge in [0.1, 0.15) is 6.04 Å². The van der Waals surface area contributed by atoms with Crippen LogP contribution in [0.2, 0.25) is 0 Å². The van der Waals surface area contributed by atoms with Gasteiger partial charge in [0.2, 0.25) is 5.91 Å². The third kappa shape index (κ3) is 3.38. The Balaban J connectivity index is 1.92. The van der Waals surface area contributed by atoms with Crippen LogP contribution in [0.1, 0.15) is 42.9 Å². The molecule has 1 aromatic carbocycles. The highest BCUT2D eigenvalue weighted by atomic mass is 16.3. The number of rotatable bonds is 5. The first-order chi connectivity index (χ1) is 9.56. The van der Waals surface area contributed by atoms with Crippen molar-refractivity contribution in [1.29, 1.82) is 0 Å². The molecule has 0 heterocycles. The molecule has 110 valence electrons. The minimum Gasteiger partial charge on any atom is -0.396 e. The number of aliphatic hydroxyl groups excluding tert-OH is 1. The van der Waals surface area contributed by atoms with Gasteiger partial charge in [0.05, 0.1) is 6.61 Å². The van der Waals surface area contributed by atoms with Crippen molar-refractivity contribution in [1.82, 2.24) is 5.32 Å². The molecule has 1 amide bonds. The molecule has 20 heavy (non-hydrogen) atoms. The van der Waals surface area contributed by atoms with Gasteiger partial charge in [-0.3, -0.25) is 4.79 Å². The fourth-order valence-corrected chi connectivity index (χ4v) is 2.83. The molecule has 1 aromatic rings. The number of nitrogens with one attached hydrogen (secondary N) is 1. The maximum absolute atomic E-state index is 12.1. The van der Waals surface area contributed by atoms with Gasteiger partial charge in [-0.15, -0.1) is 0 Å². The van der Waals surface area contributed by atoms with Crippen LogP contribution in [0.25, 0.3) is 0 Å². The Morgan fingerprint density at radius 3 is 2.50 bits per heavy atom. The summed E-state index contributed by atoms with van der Waals surface area (Å²) >= 11 is 0. The number of aryl methyl sites for hydroxylation is 1. The fraction of sp³-hybridized carbons (Fsp3) is 0.562. The van der Waals surface area contributed by atoms with Gasteiger partial charge in [-0.05, 0) is 25.3 Å². The van der Waals surface area contributed by atoms with Gasteiger partial charge >= 0.3 is 0 Å². The Kier molecular flexibility index (Phi) is 4.78. The molecule has 0 radical (unpaired) electrons. The van der Waals surface area contributed by atoms with Crippen molar-refractivity contribution in [2.24, 2.45) is 11.1 Å². The van der Waals surface area contributed by atoms with Crippen LogP contribution in [0.3, 0.4) is 0 Å². The third-order valence-electron chi connectivity index (χ3n) is 4.36. The molecule has 2 rings (SSSR count). The summed E-state index contributed by atoms with van der Waals surface area (Å²) in [5.74, 6) is -0.173. The van der Waals surface area contributed by atoms with Crippen molar-refractivity contribution in [3.05, 3.63) is 35.4 Å². The molecule has 1 fully saturated rings. The van der Waals surface area contributed by atoms with Crippen molar-refractivity contribution < 1.29 is 9.90 Å². The predicted octanol–water partition coefficient (Wildman–Crippen LogP) is 1.66. The van der Waals surface area contributed by atoms with E-state index in [0.717, 1.165) is 36.8 Å². The molecule has 1 unspecified atom stereocenters. The monoisotopic (exact) mass is 276 g/mol. The predicted molar refractivity (Wildman–Crippen MR) is 79.1 cm³/mol. The molecule has 1 saturated carbocycles. The highest BCUT2D eigenvalue weighted by Gasteiger charge is 2.33. The molecule has 0 saturated heterocycles. The average molecular weight is 276 g/mol. The molecule has 4 heteroatoms. The Morgan fingerprint density at radius 1 is 1.35 bits per heavy atom. The number of hydrogen-bond acceptors (Lipinski definition) is 3. The summed E-state index contributed by atoms with van der Waals surface area (Å²) in [5.41, 5.74) is 7.81. The van der Waals surface area contributed by atoms with E-state index in [4.69, 9.17) is 5.73 Å². The van der Waals surface area contributed by atoms with E-state index in [9.17, 15) is 9.90 Å². The van der Waals surface area contributed by atoms with E-state index in [-0.39, 0.29) is 17.9 Å². The molecule has 4 nitrogen and oxygen atoms in total. The number of benzene rings is 1. The van der Waals surface area contributed by atoms with E-state index in [1.165, 1.54) is 0 Å². The number of carbonyl (C=O) groups excluding carboxylic acids is 1. The summed E-state index contributed by atoms with van der Waals surface area (Å²) in [4.78, 5) is 12.1. The Hall–Kier alpha value is -1.39. The van der Waals surface area contributed by atoms with Gasteiger partial charge < -0.3 is 16.2 Å². The normalized spacial score (nSPS) is 18.8. The fourth-order valence-electron chi connectivity index (χ4n) is 2.83. The molecular formula is C16H24N2O2. The Morgan fingerprint density at radius 2 is 1.95 bits per heavy atom. The zero-order chi connectivity index (χ0) is 14.6. The first kappa shape index (κ1) is 15.0. The number of nitrogens with two attached hydrogens (primary N) is 1. The maximum atomic E-state index is 12.1. The zero-order valence-corrected chi connectivity index (χ0v) is 12.1. The van der Waals surface area contributed by atoms with Crippen molar-refractivity contribution in [2.75, 3.05) is 13.2 Å². The van der Waals surface area contributed by atoms with Gasteiger partial charge in [-0.2, -0.15) is 0 Å². The Labute approximate surface area is 120 Å². The molecule has 0 aromatic heterocycles. The van der Waals surface area contributed by atoms with Crippen LogP contribution in [0.15, 0.2) is 24.3 Å². The van der Waals surface area contributed by atoms with E-state index >= 15 is 0 Å². The van der Waals surface area contributed by atoms with Gasteiger partial charge in [0.25, 0.3) is 0 Å². The SMILES string of the molecule is Cc1ccc(C(N)C(=O)NCC2(CO)CCCC2)cc1. The number of amides is 1. The average Bonchev–Trinajstić information content (AvgIpc) is 2.94. The lowest BCUT2D eigenvalue weighted by molar-refractivity contribution is -0.123. The van der Waals surface area contributed by atoms with Crippen LogP contribution in [0.5, 0.6) is 0 Å². The van der Waals surface area contributed by atoms with E-state index in [0.29, 0.717) is 6.54 Å². The van der Waals surface area contributed by atoms with Crippen LogP contribution in [-0.2, 0) is 4.79 Å². The lowest BCUT2D eigenvalue weighted by atomic mass is 9.87. The van der Waals surface area contributed by atoms with E-state index in [2.05, 4.69) is 5.32 Å². The highest BCUT2D eigenvalue weighted by molar-refractivity contribution is 5.82. The van der Waals surface area contributed by atoms with Gasteiger partial charge in [-0.1, -0.05) is 42.7 Å². The topological polar surface area (TPSA) is 75.4 Å². The second kappa shape index (κ2) is 6.37. The van der Waals surface area contributed by atoms with Crippen LogP contribution in [0, 0.1) is 12.3 Å². The lowest BCUT2D eigenvalue weighted by Crippen LogP contribution is -2.42. The molecule has 1 aliphatic carbocycles. The maximum Gasteiger partial charge on any atom is 0.241 e. The van der Waals surface area contributed by atoms with Crippen molar-refractivity contribution in [2.45, 2.75) is 38.6 Å². The molecule has 0 aliphatic heterocycles. The summed E-state index contributed by atoms with van der Waals surface area (Å²) in [7, 11) is 0. The third-order valence-corrected chi connectivity index (χ3v) is 4.36. The second-order valence-corrected chi connectivity index (χ2v) is 5.97. The van der Waals surface area contributed by atoms with Crippen molar-refractivity contribution in [3.63, 3.8) is 0 Å². The smallest absolute Gasteiger partial charge is 0.241 e. The summed E-state index contributed by atoms with van der Waals surface area (Å²) in [5, 5.41) is 12.4. The first-order valence-corrected chi connectivity index (χ1v) is 7.27. The zero-order valence-electron chi connectivity index (χ0n) is 12.1. The summed E-state index contributed by atoms with van der Waals surface area (Å²) in [6.45, 7) is 2.65. The number of carbonyl (C=O) groups is 1. The van der Waals surface area contributed by atoms with Gasteiger partial charge in [0.15, 0.2) is 0 Å². The van der Waals surface area contributed by atoms with E-state index in [1.54, 1.807) is 0 Å². The minimum atomic E-state index is -0.646. The quantitative estimate of drug-likeness (QED) is 0.765. The molecule has 0 spiro atoms. The number of aliphatic hydroxyl groups is 1. The second-order valence-electron chi connectivity index (χ2n) is 5.97. The van der Waals surface area contributed by atoms with Gasteiger partial charge in [0, 0.05) is 12.0 Å². The van der Waals surface area contributed by atoms with Crippen molar-refractivity contribution in [3.8, 4) is 0 Å². The Bertz CT molecular complexity index is 450. The van der Waals surface area contributed by atoms with Crippen LogP contribution < -0.4 is 11.1 Å². The van der Waals surface area contributed by atoms with E-state index in [1.807, 2.05) is 31.2 Å².